The molecule has 0 bridgehead atoms. The summed E-state index contributed by atoms with van der Waals surface area (Å²) in [7, 11) is 0. The maximum atomic E-state index is 14.5. The van der Waals surface area contributed by atoms with Crippen LogP contribution in [0.2, 0.25) is 0 Å². The highest BCUT2D eigenvalue weighted by Gasteiger charge is 2.98. The molecule has 0 spiro atoms. The van der Waals surface area contributed by atoms with Crippen LogP contribution in [-0.4, -0.2) is 65.6 Å². The van der Waals surface area contributed by atoms with E-state index in [1.54, 1.807) is 0 Å². The zero-order valence-electron chi connectivity index (χ0n) is 26.3. The van der Waals surface area contributed by atoms with Crippen molar-refractivity contribution in [1.82, 2.24) is 0 Å². The highest BCUT2D eigenvalue weighted by molar-refractivity contribution is 5.70. The molecule has 0 rings (SSSR count). The summed E-state index contributed by atoms with van der Waals surface area (Å²) in [6.07, 6.45) is -5.59. The van der Waals surface area contributed by atoms with E-state index >= 15 is 0 Å². The van der Waals surface area contributed by atoms with Gasteiger partial charge in [-0.1, -0.05) is 70.4 Å². The van der Waals surface area contributed by atoms with Gasteiger partial charge in [0.1, 0.15) is 0 Å². The fourth-order valence-electron chi connectivity index (χ4n) is 4.21. The molecule has 0 amide bonds. The molecule has 1 unspecified atom stereocenters. The Kier molecular flexibility index (Phi) is 16.5. The molecule has 23 heteroatoms. The zero-order chi connectivity index (χ0) is 40.6. The van der Waals surface area contributed by atoms with Gasteiger partial charge in [0, 0.05) is 6.42 Å². The minimum absolute atomic E-state index is 0.162. The van der Waals surface area contributed by atoms with Gasteiger partial charge in [-0.05, 0) is 32.1 Å². The second-order valence-electron chi connectivity index (χ2n) is 11.4. The molecule has 1 atom stereocenters. The fraction of sp³-hybridized carbons (Fsp3) is 0.893. The average molecular weight is 801 g/mol. The van der Waals surface area contributed by atoms with E-state index in [0.29, 0.717) is 19.3 Å². The summed E-state index contributed by atoms with van der Waals surface area (Å²) < 4.78 is 285. The Labute approximate surface area is 277 Å². The second-order valence-corrected chi connectivity index (χ2v) is 11.4. The molecule has 2 nitrogen and oxygen atoms in total. The lowest BCUT2D eigenvalue weighted by Gasteiger charge is -2.44. The third-order valence-electron chi connectivity index (χ3n) is 7.39. The summed E-state index contributed by atoms with van der Waals surface area (Å²) in [5, 5.41) is 0. The maximum Gasteiger partial charge on any atom is 0.467 e. The van der Waals surface area contributed by atoms with E-state index in [-0.39, 0.29) is 12.8 Å². The number of allylic oxidation sites excluding steroid dienone is 2. The van der Waals surface area contributed by atoms with E-state index in [4.69, 9.17) is 0 Å². The first-order valence-corrected chi connectivity index (χ1v) is 15.0. The van der Waals surface area contributed by atoms with E-state index in [0.717, 1.165) is 44.9 Å². The summed E-state index contributed by atoms with van der Waals surface area (Å²) in [6, 6.07) is 0. The normalized spacial score (nSPS) is 16.1. The van der Waals surface area contributed by atoms with Gasteiger partial charge in [0.05, 0.1) is 0 Å². The van der Waals surface area contributed by atoms with Crippen LogP contribution < -0.4 is 0 Å². The standard InChI is InChI=1S/C28H33F21O2/c1-2-3-4-5-6-7-8-9-10-11-12-13-14-15-16-17-18(50)51-26(43,28(47,48)49)24(39,40)22(35,36)20(31,32)19(29,30)21(33,34)23(37,38)25(41,42)27(44,45)46/h9-10H,2-8,11-17H2,1H3. The van der Waals surface area contributed by atoms with Crippen LogP contribution in [0.5, 0.6) is 0 Å². The SMILES string of the molecule is CCCCCCCCC=CCCCCCCCC(=O)OC(F)(C(F)(F)F)C(F)(F)C(F)(F)C(F)(F)C(F)(F)C(F)(F)C(F)(F)C(F)(F)C(F)(F)F. The van der Waals surface area contributed by atoms with Crippen LogP contribution in [-0.2, 0) is 9.53 Å². The Bertz CT molecular complexity index is 1110. The van der Waals surface area contributed by atoms with Crippen molar-refractivity contribution in [3.63, 3.8) is 0 Å². The van der Waals surface area contributed by atoms with Gasteiger partial charge in [-0.25, -0.2) is 0 Å². The molecule has 0 aliphatic carbocycles. The molecule has 0 fully saturated rings. The molecular formula is C28H33F21O2. The second kappa shape index (κ2) is 17.3. The van der Waals surface area contributed by atoms with Crippen molar-refractivity contribution < 1.29 is 102 Å². The molecule has 0 N–H and O–H groups in total. The highest BCUT2D eigenvalue weighted by Crippen LogP contribution is 2.66. The van der Waals surface area contributed by atoms with Crippen molar-refractivity contribution >= 4 is 5.97 Å². The monoisotopic (exact) mass is 800 g/mol. The third kappa shape index (κ3) is 9.84. The Morgan fingerprint density at radius 2 is 0.725 bits per heavy atom. The summed E-state index contributed by atoms with van der Waals surface area (Å²) >= 11 is 0. The highest BCUT2D eigenvalue weighted by atomic mass is 19.4. The van der Waals surface area contributed by atoms with Crippen molar-refractivity contribution in [3.05, 3.63) is 12.2 Å². The molecule has 0 saturated carbocycles. The van der Waals surface area contributed by atoms with Gasteiger partial charge in [0.2, 0.25) is 0 Å². The molecular weight excluding hydrogens is 767 g/mol. The van der Waals surface area contributed by atoms with Gasteiger partial charge in [-0.2, -0.15) is 92.2 Å². The van der Waals surface area contributed by atoms with Gasteiger partial charge >= 0.3 is 65.6 Å². The van der Waals surface area contributed by atoms with E-state index in [1.165, 1.54) is 0 Å². The van der Waals surface area contributed by atoms with Crippen molar-refractivity contribution in [2.75, 3.05) is 0 Å². The van der Waals surface area contributed by atoms with Gasteiger partial charge in [-0.3, -0.25) is 4.79 Å². The summed E-state index contributed by atoms with van der Waals surface area (Å²) in [6.45, 7) is 2.07. The number of hydrogen-bond donors (Lipinski definition) is 0. The first-order chi connectivity index (χ1) is 22.7. The molecule has 0 aromatic carbocycles. The van der Waals surface area contributed by atoms with Crippen LogP contribution in [0.3, 0.4) is 0 Å². The maximum absolute atomic E-state index is 14.5. The fourth-order valence-corrected chi connectivity index (χ4v) is 4.21. The molecule has 0 heterocycles. The van der Waals surface area contributed by atoms with Crippen LogP contribution in [0.25, 0.3) is 0 Å². The van der Waals surface area contributed by atoms with E-state index in [2.05, 4.69) is 11.7 Å². The number of carbonyl (C=O) groups excluding carboxylic acids is 1. The van der Waals surface area contributed by atoms with Crippen LogP contribution in [0.15, 0.2) is 12.2 Å². The number of unbranched alkanes of at least 4 members (excludes halogenated alkanes) is 11. The molecule has 0 saturated heterocycles. The Hall–Kier alpha value is -2.26. The first-order valence-electron chi connectivity index (χ1n) is 15.0. The predicted molar refractivity (Wildman–Crippen MR) is 136 cm³/mol. The van der Waals surface area contributed by atoms with Gasteiger partial charge in [-0.15, -0.1) is 0 Å². The van der Waals surface area contributed by atoms with Gasteiger partial charge in [0.15, 0.2) is 0 Å². The number of carbonyl (C=O) groups is 1. The molecule has 304 valence electrons. The molecule has 0 aromatic rings. The summed E-state index contributed by atoms with van der Waals surface area (Å²) in [5.74, 6) is -73.5. The average Bonchev–Trinajstić information content (AvgIpc) is 2.97. The number of hydrogen-bond acceptors (Lipinski definition) is 2. The molecule has 51 heavy (non-hydrogen) atoms. The van der Waals surface area contributed by atoms with Crippen LogP contribution >= 0.6 is 0 Å². The lowest BCUT2D eigenvalue weighted by atomic mass is 9.87. The van der Waals surface area contributed by atoms with Crippen molar-refractivity contribution in [2.24, 2.45) is 0 Å². The van der Waals surface area contributed by atoms with Crippen LogP contribution in [0.1, 0.15) is 96.8 Å². The smallest absolute Gasteiger partial charge is 0.415 e. The van der Waals surface area contributed by atoms with Crippen molar-refractivity contribution in [3.8, 4) is 0 Å². The number of halogens is 21. The minimum atomic E-state index is -9.24. The zero-order valence-corrected chi connectivity index (χ0v) is 26.3. The van der Waals surface area contributed by atoms with Gasteiger partial charge in [0.25, 0.3) is 0 Å². The molecule has 0 aliphatic rings. The van der Waals surface area contributed by atoms with Crippen molar-refractivity contribution in [1.29, 1.82) is 0 Å². The topological polar surface area (TPSA) is 26.3 Å². The predicted octanol–water partition coefficient (Wildman–Crippen LogP) is 12.8. The Morgan fingerprint density at radius 3 is 1.08 bits per heavy atom. The molecule has 0 aliphatic heterocycles. The Balaban J connectivity index is 5.77. The van der Waals surface area contributed by atoms with E-state index in [1.807, 2.05) is 12.2 Å². The lowest BCUT2D eigenvalue weighted by molar-refractivity contribution is -0.484. The summed E-state index contributed by atoms with van der Waals surface area (Å²) in [4.78, 5) is 11.7. The molecule has 0 radical (unpaired) electrons. The van der Waals surface area contributed by atoms with Crippen LogP contribution in [0, 0.1) is 0 Å². The molecule has 0 aromatic heterocycles. The third-order valence-corrected chi connectivity index (χ3v) is 7.39. The van der Waals surface area contributed by atoms with E-state index in [9.17, 15) is 97.0 Å². The number of ether oxygens (including phenoxy) is 1. The minimum Gasteiger partial charge on any atom is -0.415 e. The Morgan fingerprint density at radius 1 is 0.412 bits per heavy atom. The number of alkyl halides is 21. The summed E-state index contributed by atoms with van der Waals surface area (Å²) in [5.41, 5.74) is 0. The number of esters is 1. The lowest BCUT2D eigenvalue weighted by Crippen LogP contribution is -2.77. The van der Waals surface area contributed by atoms with Crippen molar-refractivity contribution in [2.45, 2.75) is 156 Å². The largest absolute Gasteiger partial charge is 0.467 e. The quantitative estimate of drug-likeness (QED) is 0.0445. The van der Waals surface area contributed by atoms with Crippen LogP contribution in [0.4, 0.5) is 92.2 Å². The van der Waals surface area contributed by atoms with Gasteiger partial charge < -0.3 is 4.74 Å². The first kappa shape index (κ1) is 48.7. The number of rotatable bonds is 23. The van der Waals surface area contributed by atoms with E-state index < -0.39 is 78.5 Å².